The molecule has 0 saturated carbocycles. The van der Waals surface area contributed by atoms with Gasteiger partial charge >= 0.3 is 0 Å². The largest absolute Gasteiger partial charge is 0.216 e. The summed E-state index contributed by atoms with van der Waals surface area (Å²) in [4.78, 5) is 0. The summed E-state index contributed by atoms with van der Waals surface area (Å²) in [6.07, 6.45) is 2.03. The van der Waals surface area contributed by atoms with Gasteiger partial charge in [-0.25, -0.2) is 8.42 Å². The molecule has 0 atom stereocenters. The molecule has 0 fully saturated rings. The van der Waals surface area contributed by atoms with E-state index in [-0.39, 0.29) is 0 Å². The van der Waals surface area contributed by atoms with Gasteiger partial charge in [0.15, 0.2) is 0 Å². The number of sulfone groups is 1. The van der Waals surface area contributed by atoms with Crippen molar-refractivity contribution in [1.29, 1.82) is 0 Å². The van der Waals surface area contributed by atoms with Crippen LogP contribution in [0.5, 0.6) is 0 Å². The van der Waals surface area contributed by atoms with Crippen LogP contribution < -0.4 is 0 Å². The second kappa shape index (κ2) is 4.30. The molecular weight excluding hydrogens is 196 g/mol. The van der Waals surface area contributed by atoms with Gasteiger partial charge in [0.05, 0.1) is 6.26 Å². The minimum Gasteiger partial charge on any atom is -0.216 e. The molecule has 74 valence electrons. The van der Waals surface area contributed by atoms with Crippen LogP contribution in [-0.4, -0.2) is 14.7 Å². The quantitative estimate of drug-likeness (QED) is 0.657. The predicted octanol–water partition coefficient (Wildman–Crippen LogP) is 1.60. The first-order chi connectivity index (χ1) is 6.51. The van der Waals surface area contributed by atoms with Crippen molar-refractivity contribution in [2.24, 2.45) is 0 Å². The van der Waals surface area contributed by atoms with E-state index in [9.17, 15) is 8.42 Å². The Balaban J connectivity index is 3.02. The molecule has 1 rings (SSSR count). The lowest BCUT2D eigenvalue weighted by Gasteiger charge is -1.95. The third-order valence-corrected chi connectivity index (χ3v) is 2.19. The molecular formula is C11H12O2S. The summed E-state index contributed by atoms with van der Waals surface area (Å²) in [5.74, 6) is 2.62. The van der Waals surface area contributed by atoms with Gasteiger partial charge in [-0.1, -0.05) is 25.0 Å². The lowest BCUT2D eigenvalue weighted by atomic mass is 10.1. The van der Waals surface area contributed by atoms with Crippen LogP contribution >= 0.6 is 0 Å². The van der Waals surface area contributed by atoms with E-state index in [0.717, 1.165) is 23.8 Å². The molecule has 0 amide bonds. The molecule has 0 aliphatic rings. The van der Waals surface area contributed by atoms with E-state index in [1.165, 1.54) is 0 Å². The molecule has 14 heavy (non-hydrogen) atoms. The molecule has 0 spiro atoms. The molecule has 2 nitrogen and oxygen atoms in total. The SMILES string of the molecule is CCc1cccc(C#CS(C)(=O)=O)c1. The van der Waals surface area contributed by atoms with Crippen molar-refractivity contribution < 1.29 is 8.42 Å². The van der Waals surface area contributed by atoms with Gasteiger partial charge in [0.2, 0.25) is 9.84 Å². The standard InChI is InChI=1S/C11H12O2S/c1-3-10-5-4-6-11(9-10)7-8-14(2,12)13/h4-6,9H,3H2,1-2H3. The average Bonchev–Trinajstić information content (AvgIpc) is 2.14. The zero-order chi connectivity index (χ0) is 10.6. The number of benzene rings is 1. The van der Waals surface area contributed by atoms with Crippen molar-refractivity contribution in [3.63, 3.8) is 0 Å². The van der Waals surface area contributed by atoms with Crippen LogP contribution in [0.25, 0.3) is 0 Å². The highest BCUT2D eigenvalue weighted by Gasteiger charge is 1.93. The van der Waals surface area contributed by atoms with Gasteiger partial charge in [-0.05, 0) is 24.1 Å². The molecule has 0 heterocycles. The summed E-state index contributed by atoms with van der Waals surface area (Å²) >= 11 is 0. The van der Waals surface area contributed by atoms with E-state index in [4.69, 9.17) is 0 Å². The lowest BCUT2D eigenvalue weighted by molar-refractivity contribution is 0.611. The van der Waals surface area contributed by atoms with Crippen molar-refractivity contribution in [3.05, 3.63) is 35.4 Å². The van der Waals surface area contributed by atoms with Crippen LogP contribution in [0.4, 0.5) is 0 Å². The van der Waals surface area contributed by atoms with E-state index in [1.807, 2.05) is 25.1 Å². The molecule has 0 N–H and O–H groups in total. The maximum Gasteiger partial charge on any atom is 0.214 e. The molecule has 0 bridgehead atoms. The van der Waals surface area contributed by atoms with Crippen molar-refractivity contribution in [2.75, 3.05) is 6.26 Å². The highest BCUT2D eigenvalue weighted by Crippen LogP contribution is 2.04. The predicted molar refractivity (Wildman–Crippen MR) is 57.5 cm³/mol. The molecule has 0 saturated heterocycles. The number of rotatable bonds is 1. The zero-order valence-electron chi connectivity index (χ0n) is 8.24. The Kier molecular flexibility index (Phi) is 3.32. The first-order valence-corrected chi connectivity index (χ1v) is 6.22. The Hall–Kier alpha value is -1.27. The van der Waals surface area contributed by atoms with Crippen molar-refractivity contribution in [2.45, 2.75) is 13.3 Å². The van der Waals surface area contributed by atoms with Crippen LogP contribution in [0.15, 0.2) is 24.3 Å². The number of hydrogen-bond acceptors (Lipinski definition) is 2. The summed E-state index contributed by atoms with van der Waals surface area (Å²) in [5.41, 5.74) is 1.90. The Labute approximate surface area is 84.9 Å². The molecule has 0 aliphatic heterocycles. The van der Waals surface area contributed by atoms with Gasteiger partial charge in [0, 0.05) is 10.8 Å². The van der Waals surface area contributed by atoms with Gasteiger partial charge in [-0.2, -0.15) is 0 Å². The van der Waals surface area contributed by atoms with Gasteiger partial charge in [0.1, 0.15) is 0 Å². The Morgan fingerprint density at radius 1 is 1.36 bits per heavy atom. The second-order valence-electron chi connectivity index (χ2n) is 3.05. The lowest BCUT2D eigenvalue weighted by Crippen LogP contribution is -1.89. The van der Waals surface area contributed by atoms with Crippen LogP contribution in [0.2, 0.25) is 0 Å². The average molecular weight is 208 g/mol. The minimum absolute atomic E-state index is 0.745. The van der Waals surface area contributed by atoms with E-state index >= 15 is 0 Å². The summed E-state index contributed by atoms with van der Waals surface area (Å²) < 4.78 is 21.6. The van der Waals surface area contributed by atoms with Gasteiger partial charge in [0.25, 0.3) is 0 Å². The van der Waals surface area contributed by atoms with E-state index in [1.54, 1.807) is 6.07 Å². The fourth-order valence-corrected chi connectivity index (χ4v) is 1.32. The summed E-state index contributed by atoms with van der Waals surface area (Å²) in [7, 11) is -3.20. The first-order valence-electron chi connectivity index (χ1n) is 4.33. The van der Waals surface area contributed by atoms with Crippen LogP contribution in [0, 0.1) is 11.2 Å². The molecule has 3 heteroatoms. The topological polar surface area (TPSA) is 34.1 Å². The normalized spacial score (nSPS) is 10.4. The van der Waals surface area contributed by atoms with E-state index in [2.05, 4.69) is 11.2 Å². The Bertz CT molecular complexity index is 475. The van der Waals surface area contributed by atoms with E-state index in [0.29, 0.717) is 0 Å². The van der Waals surface area contributed by atoms with Crippen LogP contribution in [-0.2, 0) is 16.3 Å². The van der Waals surface area contributed by atoms with Crippen molar-refractivity contribution in [1.82, 2.24) is 0 Å². The van der Waals surface area contributed by atoms with Gasteiger partial charge in [-0.3, -0.25) is 0 Å². The Morgan fingerprint density at radius 3 is 2.64 bits per heavy atom. The maximum absolute atomic E-state index is 10.8. The van der Waals surface area contributed by atoms with E-state index < -0.39 is 9.84 Å². The molecule has 0 radical (unpaired) electrons. The van der Waals surface area contributed by atoms with Crippen molar-refractivity contribution in [3.8, 4) is 11.2 Å². The first kappa shape index (κ1) is 10.8. The van der Waals surface area contributed by atoms with Crippen LogP contribution in [0.3, 0.4) is 0 Å². The highest BCUT2D eigenvalue weighted by atomic mass is 32.2. The maximum atomic E-state index is 10.8. The number of hydrogen-bond donors (Lipinski definition) is 0. The van der Waals surface area contributed by atoms with Gasteiger partial charge < -0.3 is 0 Å². The second-order valence-corrected chi connectivity index (χ2v) is 4.80. The summed E-state index contributed by atoms with van der Waals surface area (Å²) in [6.45, 7) is 2.04. The molecule has 0 unspecified atom stereocenters. The Morgan fingerprint density at radius 2 is 2.07 bits per heavy atom. The highest BCUT2D eigenvalue weighted by molar-refractivity contribution is 7.95. The smallest absolute Gasteiger partial charge is 0.214 e. The minimum atomic E-state index is -3.20. The summed E-state index contributed by atoms with van der Waals surface area (Å²) in [5, 5.41) is 2.21. The van der Waals surface area contributed by atoms with Crippen molar-refractivity contribution >= 4 is 9.84 Å². The zero-order valence-corrected chi connectivity index (χ0v) is 9.06. The summed E-state index contributed by atoms with van der Waals surface area (Å²) in [6, 6.07) is 7.58. The molecule has 1 aromatic rings. The fraction of sp³-hybridized carbons (Fsp3) is 0.273. The fourth-order valence-electron chi connectivity index (χ4n) is 1.02. The monoisotopic (exact) mass is 208 g/mol. The van der Waals surface area contributed by atoms with Crippen LogP contribution in [0.1, 0.15) is 18.1 Å². The molecule has 0 aromatic heterocycles. The molecule has 1 aromatic carbocycles. The molecule has 0 aliphatic carbocycles. The third kappa shape index (κ3) is 3.63. The van der Waals surface area contributed by atoms with Gasteiger partial charge in [-0.15, -0.1) is 0 Å². The third-order valence-electron chi connectivity index (χ3n) is 1.72. The number of aryl methyl sites for hydroxylation is 1.